The monoisotopic (exact) mass is 262 g/mol. The van der Waals surface area contributed by atoms with Crippen molar-refractivity contribution in [3.05, 3.63) is 48.5 Å². The van der Waals surface area contributed by atoms with E-state index in [4.69, 9.17) is 0 Å². The zero-order valence-electron chi connectivity index (χ0n) is 9.71. The lowest BCUT2D eigenvalue weighted by molar-refractivity contribution is 0.477. The zero-order chi connectivity index (χ0) is 13.2. The SMILES string of the molecule is CNS(=O)(=O)c1ccc(-c2[c]cccc2O)cc1. The number of hydrogen-bond acceptors (Lipinski definition) is 3. The van der Waals surface area contributed by atoms with E-state index < -0.39 is 10.0 Å². The fraction of sp³-hybridized carbons (Fsp3) is 0.0769. The maximum absolute atomic E-state index is 11.5. The highest BCUT2D eigenvalue weighted by molar-refractivity contribution is 7.89. The molecule has 0 aromatic heterocycles. The smallest absolute Gasteiger partial charge is 0.240 e. The summed E-state index contributed by atoms with van der Waals surface area (Å²) in [5.74, 6) is 0.113. The molecule has 2 aromatic rings. The third kappa shape index (κ3) is 2.37. The lowest BCUT2D eigenvalue weighted by atomic mass is 10.1. The second-order valence-corrected chi connectivity index (χ2v) is 5.55. The lowest BCUT2D eigenvalue weighted by Gasteiger charge is -2.06. The molecule has 93 valence electrons. The zero-order valence-corrected chi connectivity index (χ0v) is 10.5. The van der Waals surface area contributed by atoms with Crippen LogP contribution in [0.25, 0.3) is 11.1 Å². The average Bonchev–Trinajstić information content (AvgIpc) is 2.39. The van der Waals surface area contributed by atoms with Crippen LogP contribution in [0.1, 0.15) is 0 Å². The number of phenols is 1. The van der Waals surface area contributed by atoms with E-state index >= 15 is 0 Å². The third-order valence-electron chi connectivity index (χ3n) is 2.56. The van der Waals surface area contributed by atoms with Crippen molar-refractivity contribution in [1.82, 2.24) is 4.72 Å². The van der Waals surface area contributed by atoms with Crippen LogP contribution in [0.15, 0.2) is 47.4 Å². The summed E-state index contributed by atoms with van der Waals surface area (Å²) < 4.78 is 25.3. The van der Waals surface area contributed by atoms with Gasteiger partial charge >= 0.3 is 0 Å². The van der Waals surface area contributed by atoms with Crippen LogP contribution >= 0.6 is 0 Å². The lowest BCUT2D eigenvalue weighted by Crippen LogP contribution is -2.18. The molecule has 0 aliphatic rings. The van der Waals surface area contributed by atoms with E-state index in [1.165, 1.54) is 19.2 Å². The standard InChI is InChI=1S/C13H12NO3S/c1-14-18(16,17)11-8-6-10(7-9-11)12-4-2-3-5-13(12)15/h2-3,5-9,14-15H,1H3. The van der Waals surface area contributed by atoms with Gasteiger partial charge in [-0.15, -0.1) is 0 Å². The molecule has 0 saturated heterocycles. The van der Waals surface area contributed by atoms with Crippen molar-refractivity contribution in [3.63, 3.8) is 0 Å². The van der Waals surface area contributed by atoms with Crippen LogP contribution in [0, 0.1) is 6.07 Å². The van der Waals surface area contributed by atoms with Crippen LogP contribution in [0.3, 0.4) is 0 Å². The third-order valence-corrected chi connectivity index (χ3v) is 3.99. The molecule has 0 amide bonds. The number of hydrogen-bond donors (Lipinski definition) is 2. The van der Waals surface area contributed by atoms with Crippen LogP contribution in [0.5, 0.6) is 5.75 Å². The average molecular weight is 262 g/mol. The van der Waals surface area contributed by atoms with Crippen molar-refractivity contribution >= 4 is 10.0 Å². The first-order valence-corrected chi connectivity index (χ1v) is 6.76. The molecule has 0 aliphatic carbocycles. The van der Waals surface area contributed by atoms with E-state index in [2.05, 4.69) is 10.8 Å². The molecular formula is C13H12NO3S. The van der Waals surface area contributed by atoms with E-state index in [1.54, 1.807) is 30.3 Å². The molecule has 0 fully saturated rings. The van der Waals surface area contributed by atoms with Crippen LogP contribution < -0.4 is 4.72 Å². The molecule has 1 radical (unpaired) electrons. The van der Waals surface area contributed by atoms with E-state index in [9.17, 15) is 13.5 Å². The molecule has 2 aromatic carbocycles. The summed E-state index contributed by atoms with van der Waals surface area (Å²) in [7, 11) is -2.07. The highest BCUT2D eigenvalue weighted by Gasteiger charge is 2.11. The minimum absolute atomic E-state index is 0.113. The first-order valence-electron chi connectivity index (χ1n) is 5.28. The fourth-order valence-electron chi connectivity index (χ4n) is 1.58. The number of aromatic hydroxyl groups is 1. The molecule has 0 saturated carbocycles. The minimum atomic E-state index is -3.43. The van der Waals surface area contributed by atoms with Crippen LogP contribution in [0.4, 0.5) is 0 Å². The molecule has 2 N–H and O–H groups in total. The summed E-state index contributed by atoms with van der Waals surface area (Å²) in [5.41, 5.74) is 1.26. The van der Waals surface area contributed by atoms with E-state index in [0.717, 1.165) is 0 Å². The van der Waals surface area contributed by atoms with Gasteiger partial charge in [-0.3, -0.25) is 0 Å². The largest absolute Gasteiger partial charge is 0.507 e. The van der Waals surface area contributed by atoms with Gasteiger partial charge in [0, 0.05) is 5.56 Å². The van der Waals surface area contributed by atoms with Crippen molar-refractivity contribution < 1.29 is 13.5 Å². The normalized spacial score (nSPS) is 11.4. The topological polar surface area (TPSA) is 66.4 Å². The Morgan fingerprint density at radius 2 is 1.83 bits per heavy atom. The molecule has 0 aliphatic heterocycles. The van der Waals surface area contributed by atoms with Crippen molar-refractivity contribution in [1.29, 1.82) is 0 Å². The van der Waals surface area contributed by atoms with Gasteiger partial charge in [0.15, 0.2) is 0 Å². The highest BCUT2D eigenvalue weighted by Crippen LogP contribution is 2.28. The van der Waals surface area contributed by atoms with Crippen LogP contribution in [-0.4, -0.2) is 20.6 Å². The van der Waals surface area contributed by atoms with Gasteiger partial charge in [0.25, 0.3) is 0 Å². The Hall–Kier alpha value is -1.85. The Morgan fingerprint density at radius 3 is 2.39 bits per heavy atom. The van der Waals surface area contributed by atoms with Crippen LogP contribution in [0.2, 0.25) is 0 Å². The van der Waals surface area contributed by atoms with Gasteiger partial charge in [-0.1, -0.05) is 24.3 Å². The van der Waals surface area contributed by atoms with Gasteiger partial charge in [0.05, 0.1) is 4.90 Å². The summed E-state index contributed by atoms with van der Waals surface area (Å²) in [6.07, 6.45) is 0. The molecule has 2 rings (SSSR count). The first-order chi connectivity index (χ1) is 8.54. The van der Waals surface area contributed by atoms with Gasteiger partial charge in [-0.05, 0) is 36.9 Å². The van der Waals surface area contributed by atoms with Gasteiger partial charge in [0.2, 0.25) is 10.0 Å². The first kappa shape index (κ1) is 12.6. The van der Waals surface area contributed by atoms with Gasteiger partial charge in [-0.2, -0.15) is 0 Å². The molecule has 18 heavy (non-hydrogen) atoms. The second kappa shape index (κ2) is 4.80. The number of nitrogens with one attached hydrogen (secondary N) is 1. The van der Waals surface area contributed by atoms with Crippen molar-refractivity contribution in [2.24, 2.45) is 0 Å². The van der Waals surface area contributed by atoms with Gasteiger partial charge < -0.3 is 5.11 Å². The molecule has 0 bridgehead atoms. The van der Waals surface area contributed by atoms with E-state index in [1.807, 2.05) is 0 Å². The predicted molar refractivity (Wildman–Crippen MR) is 68.6 cm³/mol. The number of phenolic OH excluding ortho intramolecular Hbond substituents is 1. The van der Waals surface area contributed by atoms with Crippen molar-refractivity contribution in [3.8, 4) is 16.9 Å². The fourth-order valence-corrected chi connectivity index (χ4v) is 2.31. The molecule has 0 unspecified atom stereocenters. The Bertz CT molecular complexity index is 648. The van der Waals surface area contributed by atoms with E-state index in [-0.39, 0.29) is 10.6 Å². The Morgan fingerprint density at radius 1 is 1.17 bits per heavy atom. The molecule has 4 nitrogen and oxygen atoms in total. The summed E-state index contributed by atoms with van der Waals surface area (Å²) in [6.45, 7) is 0. The summed E-state index contributed by atoms with van der Waals surface area (Å²) >= 11 is 0. The van der Waals surface area contributed by atoms with Crippen molar-refractivity contribution in [2.45, 2.75) is 4.90 Å². The Balaban J connectivity index is 2.43. The minimum Gasteiger partial charge on any atom is -0.507 e. The number of rotatable bonds is 3. The number of sulfonamides is 1. The summed E-state index contributed by atoms with van der Waals surface area (Å²) in [4.78, 5) is 0.184. The summed E-state index contributed by atoms with van der Waals surface area (Å²) in [5, 5.41) is 9.68. The maximum atomic E-state index is 11.5. The van der Waals surface area contributed by atoms with Gasteiger partial charge in [0.1, 0.15) is 5.75 Å². The molecule has 0 spiro atoms. The molecule has 0 heterocycles. The quantitative estimate of drug-likeness (QED) is 0.886. The van der Waals surface area contributed by atoms with Crippen LogP contribution in [-0.2, 0) is 10.0 Å². The maximum Gasteiger partial charge on any atom is 0.240 e. The molecular weight excluding hydrogens is 250 g/mol. The van der Waals surface area contributed by atoms with Gasteiger partial charge in [-0.25, -0.2) is 13.1 Å². The Labute approximate surface area is 106 Å². The van der Waals surface area contributed by atoms with E-state index in [0.29, 0.717) is 11.1 Å². The summed E-state index contributed by atoms with van der Waals surface area (Å²) in [6, 6.07) is 14.1. The number of benzene rings is 2. The highest BCUT2D eigenvalue weighted by atomic mass is 32.2. The van der Waals surface area contributed by atoms with Crippen molar-refractivity contribution in [2.75, 3.05) is 7.05 Å². The second-order valence-electron chi connectivity index (χ2n) is 3.66. The molecule has 5 heteroatoms. The predicted octanol–water partition coefficient (Wildman–Crippen LogP) is 1.77. The molecule has 0 atom stereocenters. The Kier molecular flexibility index (Phi) is 3.36.